The Kier molecular flexibility index (Phi) is 5.71. The minimum Gasteiger partial charge on any atom is -0.323 e. The molecular weight excluding hydrogens is 446 g/mol. The van der Waals surface area contributed by atoms with Gasteiger partial charge in [-0.3, -0.25) is 10.2 Å². The summed E-state index contributed by atoms with van der Waals surface area (Å²) in [5.41, 5.74) is 10.5. The van der Waals surface area contributed by atoms with Gasteiger partial charge < -0.3 is 15.2 Å². The van der Waals surface area contributed by atoms with Crippen LogP contribution >= 0.6 is 11.8 Å². The Labute approximate surface area is 194 Å². The van der Waals surface area contributed by atoms with Crippen molar-refractivity contribution in [2.75, 3.05) is 11.1 Å². The molecule has 172 valence electrons. The number of anilines is 1. The van der Waals surface area contributed by atoms with Crippen molar-refractivity contribution in [2.24, 2.45) is 5.10 Å². The number of carbonyl (C=O) groups is 1. The first-order valence-electron chi connectivity index (χ1n) is 10.7. The first-order valence-corrected chi connectivity index (χ1v) is 11.7. The normalized spacial score (nSPS) is 23.2. The lowest BCUT2D eigenvalue weighted by molar-refractivity contribution is -0.113. The van der Waals surface area contributed by atoms with E-state index >= 15 is 0 Å². The highest BCUT2D eigenvalue weighted by Gasteiger charge is 2.44. The number of rotatable bonds is 4. The number of aryl methyl sites for hydroxylation is 2. The molecule has 0 spiro atoms. The van der Waals surface area contributed by atoms with E-state index in [9.17, 15) is 13.6 Å². The third-order valence-electron chi connectivity index (χ3n) is 6.18. The molecule has 1 fully saturated rings. The number of hydrazone groups is 1. The van der Waals surface area contributed by atoms with Gasteiger partial charge in [-0.1, -0.05) is 30.0 Å². The fourth-order valence-electron chi connectivity index (χ4n) is 4.26. The molecule has 3 aliphatic heterocycles. The van der Waals surface area contributed by atoms with Crippen molar-refractivity contribution in [3.05, 3.63) is 77.1 Å². The van der Waals surface area contributed by atoms with Crippen LogP contribution in [0, 0.1) is 25.5 Å². The van der Waals surface area contributed by atoms with Crippen LogP contribution in [-0.4, -0.2) is 38.9 Å². The van der Waals surface area contributed by atoms with Crippen molar-refractivity contribution in [2.45, 2.75) is 38.5 Å². The van der Waals surface area contributed by atoms with E-state index in [2.05, 4.69) is 58.3 Å². The standard InChI is InChI=1S/C23H24F2N6OS/c1-13-3-4-15(9-14(13)2)19-11-20-22-27-28-23(30(22)7-8-31(20)29-19)33-12-21(32)26-18-6-5-16(24)10-17(18)25/h3-10,19-20,22,27,29H,11-12H2,1-2H3,(H,26,32). The predicted octanol–water partition coefficient (Wildman–Crippen LogP) is 3.56. The molecule has 3 aliphatic rings. The zero-order valence-corrected chi connectivity index (χ0v) is 19.0. The number of benzene rings is 2. The summed E-state index contributed by atoms with van der Waals surface area (Å²) >= 11 is 1.26. The zero-order valence-electron chi connectivity index (χ0n) is 18.2. The van der Waals surface area contributed by atoms with E-state index in [4.69, 9.17) is 0 Å². The summed E-state index contributed by atoms with van der Waals surface area (Å²) in [6, 6.07) is 9.96. The van der Waals surface area contributed by atoms with E-state index < -0.39 is 17.5 Å². The smallest absolute Gasteiger partial charge is 0.234 e. The second-order valence-electron chi connectivity index (χ2n) is 8.37. The fourth-order valence-corrected chi connectivity index (χ4v) is 5.03. The fraction of sp³-hybridized carbons (Fsp3) is 0.304. The molecule has 1 amide bonds. The van der Waals surface area contributed by atoms with Gasteiger partial charge in [0.2, 0.25) is 5.91 Å². The van der Waals surface area contributed by atoms with Gasteiger partial charge in [-0.15, -0.1) is 0 Å². The van der Waals surface area contributed by atoms with Gasteiger partial charge >= 0.3 is 0 Å². The maximum Gasteiger partial charge on any atom is 0.234 e. The van der Waals surface area contributed by atoms with Gasteiger partial charge in [-0.2, -0.15) is 5.10 Å². The Balaban J connectivity index is 1.19. The molecule has 0 radical (unpaired) electrons. The van der Waals surface area contributed by atoms with Crippen molar-refractivity contribution in [1.82, 2.24) is 20.8 Å². The largest absolute Gasteiger partial charge is 0.323 e. The molecule has 0 saturated carbocycles. The molecule has 2 aromatic carbocycles. The molecule has 0 aliphatic carbocycles. The number of carbonyl (C=O) groups excluding carboxylic acids is 1. The van der Waals surface area contributed by atoms with Crippen LogP contribution in [0.4, 0.5) is 14.5 Å². The van der Waals surface area contributed by atoms with Gasteiger partial charge in [0.1, 0.15) is 17.8 Å². The first-order chi connectivity index (χ1) is 15.9. The van der Waals surface area contributed by atoms with E-state index in [-0.39, 0.29) is 29.7 Å². The SMILES string of the molecule is Cc1ccc(C2CC3C4NN=C(SCC(=O)Nc5ccc(F)cc5F)N4C=CN3N2)cc1C. The lowest BCUT2D eigenvalue weighted by Gasteiger charge is -2.36. The Morgan fingerprint density at radius 1 is 1.18 bits per heavy atom. The summed E-state index contributed by atoms with van der Waals surface area (Å²) in [7, 11) is 0. The number of nitrogens with zero attached hydrogens (tertiary/aromatic N) is 3. The number of hydrogen-bond acceptors (Lipinski definition) is 7. The Morgan fingerprint density at radius 3 is 2.82 bits per heavy atom. The van der Waals surface area contributed by atoms with Crippen molar-refractivity contribution < 1.29 is 13.6 Å². The molecule has 10 heteroatoms. The summed E-state index contributed by atoms with van der Waals surface area (Å²) in [5.74, 6) is -1.84. The van der Waals surface area contributed by atoms with Crippen LogP contribution < -0.4 is 16.2 Å². The molecular formula is C23H24F2N6OS. The number of amides is 1. The molecule has 3 unspecified atom stereocenters. The van der Waals surface area contributed by atoms with E-state index in [1.807, 2.05) is 17.3 Å². The topological polar surface area (TPSA) is 72.0 Å². The number of nitrogens with one attached hydrogen (secondary N) is 3. The van der Waals surface area contributed by atoms with Gasteiger partial charge in [0.15, 0.2) is 5.17 Å². The van der Waals surface area contributed by atoms with E-state index in [1.165, 1.54) is 34.5 Å². The number of thioether (sulfide) groups is 1. The predicted molar refractivity (Wildman–Crippen MR) is 125 cm³/mol. The number of halogens is 2. The van der Waals surface area contributed by atoms with Crippen molar-refractivity contribution in [3.63, 3.8) is 0 Å². The maximum atomic E-state index is 13.8. The molecule has 3 heterocycles. The molecule has 0 bridgehead atoms. The van der Waals surface area contributed by atoms with Crippen LogP contribution in [0.3, 0.4) is 0 Å². The Morgan fingerprint density at radius 2 is 2.03 bits per heavy atom. The van der Waals surface area contributed by atoms with Crippen LogP contribution in [0.15, 0.2) is 53.9 Å². The second kappa shape index (κ2) is 8.68. The van der Waals surface area contributed by atoms with Crippen LogP contribution in [0.1, 0.15) is 29.2 Å². The molecule has 2 aromatic rings. The van der Waals surface area contributed by atoms with Gasteiger partial charge in [-0.25, -0.2) is 14.2 Å². The van der Waals surface area contributed by atoms with E-state index in [0.717, 1.165) is 18.6 Å². The van der Waals surface area contributed by atoms with Crippen molar-refractivity contribution >= 4 is 28.5 Å². The summed E-state index contributed by atoms with van der Waals surface area (Å²) in [6.07, 6.45) is 4.76. The first kappa shape index (κ1) is 21.7. The van der Waals surface area contributed by atoms with Crippen molar-refractivity contribution in [1.29, 1.82) is 0 Å². The minimum atomic E-state index is -0.806. The lowest BCUT2D eigenvalue weighted by atomic mass is 9.97. The molecule has 5 rings (SSSR count). The van der Waals surface area contributed by atoms with Crippen LogP contribution in [0.25, 0.3) is 0 Å². The average molecular weight is 471 g/mol. The summed E-state index contributed by atoms with van der Waals surface area (Å²) < 4.78 is 26.8. The quantitative estimate of drug-likeness (QED) is 0.635. The zero-order chi connectivity index (χ0) is 23.1. The molecule has 1 saturated heterocycles. The van der Waals surface area contributed by atoms with Gasteiger partial charge in [0, 0.05) is 18.5 Å². The van der Waals surface area contributed by atoms with E-state index in [1.54, 1.807) is 0 Å². The third kappa shape index (κ3) is 4.28. The van der Waals surface area contributed by atoms with Crippen LogP contribution in [0.2, 0.25) is 0 Å². The minimum absolute atomic E-state index is 0.0470. The van der Waals surface area contributed by atoms with Gasteiger partial charge in [0.25, 0.3) is 0 Å². The Bertz CT molecular complexity index is 1160. The van der Waals surface area contributed by atoms with Crippen molar-refractivity contribution in [3.8, 4) is 0 Å². The highest BCUT2D eigenvalue weighted by atomic mass is 32.2. The molecule has 7 nitrogen and oxygen atoms in total. The third-order valence-corrected chi connectivity index (χ3v) is 7.14. The number of amidine groups is 1. The molecule has 33 heavy (non-hydrogen) atoms. The van der Waals surface area contributed by atoms with Gasteiger partial charge in [0.05, 0.1) is 23.5 Å². The summed E-state index contributed by atoms with van der Waals surface area (Å²) in [5, 5.41) is 9.67. The number of fused-ring (bicyclic) bond motifs is 3. The van der Waals surface area contributed by atoms with E-state index in [0.29, 0.717) is 5.17 Å². The summed E-state index contributed by atoms with van der Waals surface area (Å²) in [6.45, 7) is 4.24. The van der Waals surface area contributed by atoms with Crippen LogP contribution in [0.5, 0.6) is 0 Å². The number of hydrazine groups is 1. The lowest BCUT2D eigenvalue weighted by Crippen LogP contribution is -2.54. The highest BCUT2D eigenvalue weighted by molar-refractivity contribution is 8.14. The highest BCUT2D eigenvalue weighted by Crippen LogP contribution is 2.35. The molecule has 3 atom stereocenters. The monoisotopic (exact) mass is 470 g/mol. The molecule has 0 aromatic heterocycles. The number of hydrogen-bond donors (Lipinski definition) is 3. The van der Waals surface area contributed by atoms with Crippen LogP contribution in [-0.2, 0) is 4.79 Å². The summed E-state index contributed by atoms with van der Waals surface area (Å²) in [4.78, 5) is 14.3. The maximum absolute atomic E-state index is 13.8. The Hall–Kier alpha value is -3.11. The molecule has 3 N–H and O–H groups in total. The second-order valence-corrected chi connectivity index (χ2v) is 9.31. The average Bonchev–Trinajstić information content (AvgIpc) is 3.40. The van der Waals surface area contributed by atoms with Gasteiger partial charge in [-0.05, 0) is 49.1 Å².